The molecule has 110 valence electrons. The predicted molar refractivity (Wildman–Crippen MR) is 76.5 cm³/mol. The Labute approximate surface area is 122 Å². The Kier molecular flexibility index (Phi) is 4.60. The van der Waals surface area contributed by atoms with E-state index in [9.17, 15) is 14.7 Å². The van der Waals surface area contributed by atoms with Crippen molar-refractivity contribution in [3.8, 4) is 0 Å². The molecule has 0 aliphatic carbocycles. The Morgan fingerprint density at radius 1 is 1.45 bits per heavy atom. The van der Waals surface area contributed by atoms with Crippen molar-refractivity contribution in [2.75, 3.05) is 0 Å². The second kappa shape index (κ2) is 6.06. The van der Waals surface area contributed by atoms with Crippen molar-refractivity contribution < 1.29 is 19.4 Å². The summed E-state index contributed by atoms with van der Waals surface area (Å²) in [6, 6.07) is 1.90. The molecule has 1 aliphatic heterocycles. The standard InChI is InChI=1S/C15H20O4S/c1-10(2)15(8-12(17)7-14(18)19-15)5-3-13-11(9-16)4-6-20-13/h4,6,10,16H,3,5,7-9H2,1-2H3. The van der Waals surface area contributed by atoms with Gasteiger partial charge in [0.15, 0.2) is 0 Å². The van der Waals surface area contributed by atoms with E-state index in [2.05, 4.69) is 0 Å². The lowest BCUT2D eigenvalue weighted by Crippen LogP contribution is -2.47. The normalized spacial score (nSPS) is 23.2. The van der Waals surface area contributed by atoms with Gasteiger partial charge in [0.25, 0.3) is 0 Å². The highest BCUT2D eigenvalue weighted by Gasteiger charge is 2.43. The highest BCUT2D eigenvalue weighted by atomic mass is 32.1. The number of aliphatic hydroxyl groups excluding tert-OH is 1. The molecular weight excluding hydrogens is 276 g/mol. The van der Waals surface area contributed by atoms with Crippen LogP contribution in [0.1, 0.15) is 43.6 Å². The summed E-state index contributed by atoms with van der Waals surface area (Å²) in [5.74, 6) is -0.361. The van der Waals surface area contributed by atoms with Gasteiger partial charge in [-0.2, -0.15) is 0 Å². The SMILES string of the molecule is CC(C)C1(CCc2sccc2CO)CC(=O)CC(=O)O1. The van der Waals surface area contributed by atoms with Crippen LogP contribution in [0.2, 0.25) is 0 Å². The van der Waals surface area contributed by atoms with E-state index >= 15 is 0 Å². The summed E-state index contributed by atoms with van der Waals surface area (Å²) in [5.41, 5.74) is 0.228. The first-order chi connectivity index (χ1) is 9.47. The van der Waals surface area contributed by atoms with Crippen molar-refractivity contribution in [1.82, 2.24) is 0 Å². The van der Waals surface area contributed by atoms with Crippen molar-refractivity contribution in [3.63, 3.8) is 0 Å². The van der Waals surface area contributed by atoms with Crippen LogP contribution in [0.5, 0.6) is 0 Å². The fourth-order valence-corrected chi connectivity index (χ4v) is 3.56. The van der Waals surface area contributed by atoms with Gasteiger partial charge >= 0.3 is 5.97 Å². The topological polar surface area (TPSA) is 63.6 Å². The third-order valence-corrected chi connectivity index (χ3v) is 5.01. The Morgan fingerprint density at radius 3 is 2.80 bits per heavy atom. The minimum absolute atomic E-state index is 0.0201. The fourth-order valence-electron chi connectivity index (χ4n) is 2.66. The lowest BCUT2D eigenvalue weighted by molar-refractivity contribution is -0.177. The van der Waals surface area contributed by atoms with Crippen molar-refractivity contribution in [2.45, 2.75) is 51.7 Å². The number of thiophene rings is 1. The van der Waals surface area contributed by atoms with Crippen LogP contribution in [0, 0.1) is 5.92 Å². The molecule has 0 spiro atoms. The van der Waals surface area contributed by atoms with Gasteiger partial charge < -0.3 is 9.84 Å². The van der Waals surface area contributed by atoms with Crippen molar-refractivity contribution in [1.29, 1.82) is 0 Å². The first-order valence-electron chi connectivity index (χ1n) is 6.86. The smallest absolute Gasteiger partial charge is 0.313 e. The van der Waals surface area contributed by atoms with E-state index in [0.29, 0.717) is 19.3 Å². The van der Waals surface area contributed by atoms with Crippen LogP contribution in [0.15, 0.2) is 11.4 Å². The van der Waals surface area contributed by atoms with E-state index in [0.717, 1.165) is 10.4 Å². The third kappa shape index (κ3) is 3.10. The van der Waals surface area contributed by atoms with Crippen LogP contribution in [0.25, 0.3) is 0 Å². The molecular formula is C15H20O4S. The maximum atomic E-state index is 11.7. The first-order valence-corrected chi connectivity index (χ1v) is 7.74. The maximum absolute atomic E-state index is 11.7. The van der Waals surface area contributed by atoms with Gasteiger partial charge in [0.1, 0.15) is 17.8 Å². The molecule has 0 aromatic carbocycles. The van der Waals surface area contributed by atoms with Crippen LogP contribution in [0.4, 0.5) is 0 Å². The van der Waals surface area contributed by atoms with Gasteiger partial charge in [0.05, 0.1) is 6.61 Å². The summed E-state index contributed by atoms with van der Waals surface area (Å²) in [4.78, 5) is 24.4. The molecule has 1 N–H and O–H groups in total. The minimum atomic E-state index is -0.691. The molecule has 1 aliphatic rings. The number of Topliss-reactive ketones (excluding diaryl/α,β-unsaturated/α-hetero) is 1. The molecule has 4 nitrogen and oxygen atoms in total. The average molecular weight is 296 g/mol. The highest BCUT2D eigenvalue weighted by molar-refractivity contribution is 7.10. The van der Waals surface area contributed by atoms with Gasteiger partial charge in [-0.05, 0) is 35.8 Å². The largest absolute Gasteiger partial charge is 0.458 e. The van der Waals surface area contributed by atoms with Gasteiger partial charge in [-0.25, -0.2) is 0 Å². The fraction of sp³-hybridized carbons (Fsp3) is 0.600. The predicted octanol–water partition coefficient (Wildman–Crippen LogP) is 2.47. The molecule has 2 rings (SSSR count). The molecule has 1 saturated heterocycles. The van der Waals surface area contributed by atoms with Gasteiger partial charge in [0.2, 0.25) is 0 Å². The summed E-state index contributed by atoms with van der Waals surface area (Å²) < 4.78 is 5.56. The summed E-state index contributed by atoms with van der Waals surface area (Å²) in [5, 5.41) is 11.2. The van der Waals surface area contributed by atoms with Crippen molar-refractivity contribution in [3.05, 3.63) is 21.9 Å². The Balaban J connectivity index is 2.13. The number of ether oxygens (including phenoxy) is 1. The quantitative estimate of drug-likeness (QED) is 0.669. The Hall–Kier alpha value is -1.20. The number of cyclic esters (lactones) is 1. The van der Waals surface area contributed by atoms with Gasteiger partial charge in [-0.1, -0.05) is 13.8 Å². The second-order valence-electron chi connectivity index (χ2n) is 5.61. The van der Waals surface area contributed by atoms with E-state index in [1.54, 1.807) is 11.3 Å². The number of rotatable bonds is 5. The summed E-state index contributed by atoms with van der Waals surface area (Å²) in [7, 11) is 0. The number of ketones is 1. The summed E-state index contributed by atoms with van der Waals surface area (Å²) >= 11 is 1.59. The van der Waals surface area contributed by atoms with Crippen LogP contribution in [-0.4, -0.2) is 22.5 Å². The van der Waals surface area contributed by atoms with Gasteiger partial charge in [-0.3, -0.25) is 9.59 Å². The van der Waals surface area contributed by atoms with E-state index in [1.807, 2.05) is 25.3 Å². The van der Waals surface area contributed by atoms with Crippen LogP contribution in [0.3, 0.4) is 0 Å². The number of esters is 1. The summed E-state index contributed by atoms with van der Waals surface area (Å²) in [6.07, 6.45) is 1.54. The highest BCUT2D eigenvalue weighted by Crippen LogP contribution is 2.36. The monoisotopic (exact) mass is 296 g/mol. The van der Waals surface area contributed by atoms with E-state index in [-0.39, 0.29) is 24.7 Å². The molecule has 2 heterocycles. The minimum Gasteiger partial charge on any atom is -0.458 e. The molecule has 0 amide bonds. The number of carbonyl (C=O) groups is 2. The number of carbonyl (C=O) groups excluding carboxylic acids is 2. The Morgan fingerprint density at radius 2 is 2.20 bits per heavy atom. The second-order valence-corrected chi connectivity index (χ2v) is 6.61. The molecule has 1 fully saturated rings. The molecule has 0 saturated carbocycles. The zero-order chi connectivity index (χ0) is 14.8. The van der Waals surface area contributed by atoms with E-state index < -0.39 is 11.6 Å². The molecule has 5 heteroatoms. The number of aryl methyl sites for hydroxylation is 1. The van der Waals surface area contributed by atoms with E-state index in [4.69, 9.17) is 4.74 Å². The Bertz CT molecular complexity index is 488. The number of aliphatic hydroxyl groups is 1. The van der Waals surface area contributed by atoms with Crippen molar-refractivity contribution >= 4 is 23.1 Å². The maximum Gasteiger partial charge on any atom is 0.313 e. The first kappa shape index (κ1) is 15.2. The van der Waals surface area contributed by atoms with Crippen LogP contribution >= 0.6 is 11.3 Å². The van der Waals surface area contributed by atoms with Crippen LogP contribution < -0.4 is 0 Å². The molecule has 1 unspecified atom stereocenters. The van der Waals surface area contributed by atoms with Gasteiger partial charge in [-0.15, -0.1) is 11.3 Å². The van der Waals surface area contributed by atoms with Gasteiger partial charge in [0, 0.05) is 11.3 Å². The summed E-state index contributed by atoms with van der Waals surface area (Å²) in [6.45, 7) is 3.98. The average Bonchev–Trinajstić information content (AvgIpc) is 2.82. The zero-order valence-electron chi connectivity index (χ0n) is 11.8. The molecule has 1 aromatic rings. The lowest BCUT2D eigenvalue weighted by atomic mass is 9.79. The number of hydrogen-bond donors (Lipinski definition) is 1. The molecule has 0 bridgehead atoms. The molecule has 0 radical (unpaired) electrons. The van der Waals surface area contributed by atoms with E-state index in [1.165, 1.54) is 0 Å². The third-order valence-electron chi connectivity index (χ3n) is 3.99. The van der Waals surface area contributed by atoms with Crippen molar-refractivity contribution in [2.24, 2.45) is 5.92 Å². The molecule has 20 heavy (non-hydrogen) atoms. The number of hydrogen-bond acceptors (Lipinski definition) is 5. The molecule has 1 atom stereocenters. The molecule has 1 aromatic heterocycles. The lowest BCUT2D eigenvalue weighted by Gasteiger charge is -2.39. The zero-order valence-corrected chi connectivity index (χ0v) is 12.7. The van der Waals surface area contributed by atoms with Crippen LogP contribution in [-0.2, 0) is 27.4 Å².